The van der Waals surface area contributed by atoms with E-state index in [1.54, 1.807) is 6.07 Å². The van der Waals surface area contributed by atoms with Crippen LogP contribution in [0.3, 0.4) is 0 Å². The average molecular weight is 345 g/mol. The van der Waals surface area contributed by atoms with Crippen molar-refractivity contribution in [1.29, 1.82) is 0 Å². The number of benzene rings is 2. The summed E-state index contributed by atoms with van der Waals surface area (Å²) in [6, 6.07) is 7.29. The lowest BCUT2D eigenvalue weighted by Crippen LogP contribution is -2.30. The van der Waals surface area contributed by atoms with Crippen molar-refractivity contribution in [3.63, 3.8) is 0 Å². The molecular formula is C14H12BrF3N2. The molecule has 2 aromatic rings. The van der Waals surface area contributed by atoms with Crippen molar-refractivity contribution >= 4 is 15.9 Å². The standard InChI is InChI=1S/C14H12BrF3N2/c15-8-4-5-9(13(18)6-8)14(20-19)7-10-11(16)2-1-3-12(10)17/h1-6,14,20H,7,19H2. The van der Waals surface area contributed by atoms with Crippen LogP contribution >= 0.6 is 15.9 Å². The van der Waals surface area contributed by atoms with Gasteiger partial charge < -0.3 is 0 Å². The molecule has 0 spiro atoms. The zero-order chi connectivity index (χ0) is 14.7. The van der Waals surface area contributed by atoms with E-state index in [9.17, 15) is 13.2 Å². The lowest BCUT2D eigenvalue weighted by Gasteiger charge is -2.18. The fourth-order valence-electron chi connectivity index (χ4n) is 1.97. The van der Waals surface area contributed by atoms with Crippen LogP contribution < -0.4 is 11.3 Å². The Hall–Kier alpha value is -1.37. The van der Waals surface area contributed by atoms with E-state index in [1.807, 2.05) is 0 Å². The second kappa shape index (κ2) is 6.39. The van der Waals surface area contributed by atoms with Crippen LogP contribution in [0.25, 0.3) is 0 Å². The van der Waals surface area contributed by atoms with Crippen molar-refractivity contribution in [1.82, 2.24) is 5.43 Å². The van der Waals surface area contributed by atoms with Crippen molar-refractivity contribution in [2.75, 3.05) is 0 Å². The fraction of sp³-hybridized carbons (Fsp3) is 0.143. The molecule has 0 bridgehead atoms. The molecule has 0 aliphatic heterocycles. The van der Waals surface area contributed by atoms with Gasteiger partial charge in [0.25, 0.3) is 0 Å². The van der Waals surface area contributed by atoms with E-state index in [4.69, 9.17) is 5.84 Å². The number of nitrogens with one attached hydrogen (secondary N) is 1. The SMILES string of the molecule is NNC(Cc1c(F)cccc1F)c1ccc(Br)cc1F. The van der Waals surface area contributed by atoms with Crippen molar-refractivity contribution in [3.8, 4) is 0 Å². The first kappa shape index (κ1) is 15.0. The largest absolute Gasteiger partial charge is 0.271 e. The molecule has 0 aliphatic rings. The Balaban J connectivity index is 2.34. The number of hydrazine groups is 1. The summed E-state index contributed by atoms with van der Waals surface area (Å²) in [6.45, 7) is 0. The summed E-state index contributed by atoms with van der Waals surface area (Å²) in [5, 5.41) is 0. The van der Waals surface area contributed by atoms with Gasteiger partial charge in [0.2, 0.25) is 0 Å². The monoisotopic (exact) mass is 344 g/mol. The van der Waals surface area contributed by atoms with Crippen LogP contribution in [0.4, 0.5) is 13.2 Å². The number of halogens is 4. The topological polar surface area (TPSA) is 38.0 Å². The minimum Gasteiger partial charge on any atom is -0.271 e. The van der Waals surface area contributed by atoms with Crippen LogP contribution in [-0.2, 0) is 6.42 Å². The molecule has 0 radical (unpaired) electrons. The lowest BCUT2D eigenvalue weighted by molar-refractivity contribution is 0.480. The second-order valence-corrected chi connectivity index (χ2v) is 5.21. The molecule has 106 valence electrons. The Kier molecular flexibility index (Phi) is 4.80. The highest BCUT2D eigenvalue weighted by molar-refractivity contribution is 9.10. The van der Waals surface area contributed by atoms with Crippen LogP contribution in [0.15, 0.2) is 40.9 Å². The summed E-state index contributed by atoms with van der Waals surface area (Å²) in [5.41, 5.74) is 2.51. The molecule has 20 heavy (non-hydrogen) atoms. The molecular weight excluding hydrogens is 333 g/mol. The van der Waals surface area contributed by atoms with Gasteiger partial charge in [-0.1, -0.05) is 28.1 Å². The average Bonchev–Trinajstić information content (AvgIpc) is 2.40. The van der Waals surface area contributed by atoms with Gasteiger partial charge >= 0.3 is 0 Å². The summed E-state index contributed by atoms with van der Waals surface area (Å²) in [4.78, 5) is 0. The van der Waals surface area contributed by atoms with Crippen molar-refractivity contribution in [2.45, 2.75) is 12.5 Å². The quantitative estimate of drug-likeness (QED) is 0.656. The number of hydrogen-bond acceptors (Lipinski definition) is 2. The Morgan fingerprint density at radius 3 is 2.25 bits per heavy atom. The van der Waals surface area contributed by atoms with E-state index < -0.39 is 23.5 Å². The summed E-state index contributed by atoms with van der Waals surface area (Å²) >= 11 is 3.15. The van der Waals surface area contributed by atoms with Gasteiger partial charge in [0.1, 0.15) is 17.5 Å². The van der Waals surface area contributed by atoms with E-state index in [-0.39, 0.29) is 17.5 Å². The van der Waals surface area contributed by atoms with Crippen molar-refractivity contribution in [3.05, 3.63) is 69.4 Å². The highest BCUT2D eigenvalue weighted by Crippen LogP contribution is 2.25. The summed E-state index contributed by atoms with van der Waals surface area (Å²) in [7, 11) is 0. The summed E-state index contributed by atoms with van der Waals surface area (Å²) in [6.07, 6.45) is -0.0897. The minimum atomic E-state index is -0.727. The van der Waals surface area contributed by atoms with E-state index >= 15 is 0 Å². The maximum absolute atomic E-state index is 13.9. The molecule has 0 aromatic heterocycles. The van der Waals surface area contributed by atoms with Crippen molar-refractivity contribution < 1.29 is 13.2 Å². The van der Waals surface area contributed by atoms with Gasteiger partial charge in [0, 0.05) is 15.6 Å². The number of hydrogen-bond donors (Lipinski definition) is 2. The molecule has 0 heterocycles. The molecule has 2 nitrogen and oxygen atoms in total. The van der Waals surface area contributed by atoms with Gasteiger partial charge in [-0.25, -0.2) is 13.2 Å². The third-order valence-corrected chi connectivity index (χ3v) is 3.50. The van der Waals surface area contributed by atoms with E-state index in [2.05, 4.69) is 21.4 Å². The molecule has 0 saturated heterocycles. The summed E-state index contributed by atoms with van der Waals surface area (Å²) < 4.78 is 41.7. The van der Waals surface area contributed by atoms with Crippen LogP contribution in [0, 0.1) is 17.5 Å². The molecule has 0 amide bonds. The molecule has 1 atom stereocenters. The lowest BCUT2D eigenvalue weighted by atomic mass is 9.98. The Labute approximate surface area is 122 Å². The zero-order valence-corrected chi connectivity index (χ0v) is 11.9. The third-order valence-electron chi connectivity index (χ3n) is 3.01. The van der Waals surface area contributed by atoms with E-state index in [0.717, 1.165) is 12.1 Å². The predicted octanol–water partition coefficient (Wildman–Crippen LogP) is 3.61. The second-order valence-electron chi connectivity index (χ2n) is 4.29. The summed E-state index contributed by atoms with van der Waals surface area (Å²) in [5.74, 6) is 3.53. The highest BCUT2D eigenvalue weighted by atomic mass is 79.9. The van der Waals surface area contributed by atoms with Gasteiger partial charge in [0.05, 0.1) is 6.04 Å². The highest BCUT2D eigenvalue weighted by Gasteiger charge is 2.19. The van der Waals surface area contributed by atoms with Crippen LogP contribution in [0.2, 0.25) is 0 Å². The molecule has 0 aliphatic carbocycles. The molecule has 0 fully saturated rings. The maximum atomic E-state index is 13.9. The molecule has 1 unspecified atom stereocenters. The molecule has 0 saturated carbocycles. The first-order chi connectivity index (χ1) is 9.52. The van der Waals surface area contributed by atoms with Gasteiger partial charge in [-0.15, -0.1) is 0 Å². The van der Waals surface area contributed by atoms with Gasteiger partial charge in [0.15, 0.2) is 0 Å². The first-order valence-corrected chi connectivity index (χ1v) is 6.66. The van der Waals surface area contributed by atoms with E-state index in [0.29, 0.717) is 4.47 Å². The predicted molar refractivity (Wildman–Crippen MR) is 74.2 cm³/mol. The first-order valence-electron chi connectivity index (χ1n) is 5.87. The van der Waals surface area contributed by atoms with Crippen LogP contribution in [-0.4, -0.2) is 0 Å². The molecule has 2 rings (SSSR count). The van der Waals surface area contributed by atoms with E-state index in [1.165, 1.54) is 18.2 Å². The van der Waals surface area contributed by atoms with Gasteiger partial charge in [-0.05, 0) is 30.7 Å². The maximum Gasteiger partial charge on any atom is 0.129 e. The number of rotatable bonds is 4. The van der Waals surface area contributed by atoms with Crippen LogP contribution in [0.1, 0.15) is 17.2 Å². The number of nitrogens with two attached hydrogens (primary N) is 1. The van der Waals surface area contributed by atoms with Crippen molar-refractivity contribution in [2.24, 2.45) is 5.84 Å². The van der Waals surface area contributed by atoms with Crippen LogP contribution in [0.5, 0.6) is 0 Å². The van der Waals surface area contributed by atoms with Gasteiger partial charge in [-0.2, -0.15) is 0 Å². The zero-order valence-electron chi connectivity index (χ0n) is 10.3. The molecule has 2 aromatic carbocycles. The Morgan fingerprint density at radius 2 is 1.70 bits per heavy atom. The molecule has 6 heteroatoms. The minimum absolute atomic E-state index is 0.0897. The normalized spacial score (nSPS) is 12.4. The Morgan fingerprint density at radius 1 is 1.05 bits per heavy atom. The van der Waals surface area contributed by atoms with Gasteiger partial charge in [-0.3, -0.25) is 11.3 Å². The third kappa shape index (κ3) is 3.20. The molecule has 3 N–H and O–H groups in total. The fourth-order valence-corrected chi connectivity index (χ4v) is 2.31. The smallest absolute Gasteiger partial charge is 0.129 e. The Bertz CT molecular complexity index is 599.